The van der Waals surface area contributed by atoms with Crippen molar-refractivity contribution in [1.29, 1.82) is 0 Å². The Labute approximate surface area is 333 Å². The fourth-order valence-electron chi connectivity index (χ4n) is 9.55. The molecule has 14 heteroatoms. The molecule has 6 saturated carbocycles. The lowest BCUT2D eigenvalue weighted by molar-refractivity contribution is 0.00217. The van der Waals surface area contributed by atoms with Crippen LogP contribution in [0.4, 0.5) is 0 Å². The predicted molar refractivity (Wildman–Crippen MR) is 208 cm³/mol. The van der Waals surface area contributed by atoms with Gasteiger partial charge in [0.1, 0.15) is 22.9 Å². The molecule has 0 unspecified atom stereocenters. The van der Waals surface area contributed by atoms with Crippen LogP contribution in [0.3, 0.4) is 0 Å². The molecule has 6 aliphatic rings. The standard InChI is InChI=1S/C20H20Cl2N4O2.C20H22Cl2N2O2/c21-14-2-1-3-15(22)18(14)19-13(20(28-25-19)10-4-5-10)9-27-17-8-11-6-12(17)7-16(11)24-26-23;21-14-2-1-3-15(22)18(14)19-13(20(26-24-19)10-4-5-10)9-25-17-8-11-6-12(17)7-16(11)23/h1-3,10-12,16-17H,4-9H2;1-3,10-12,16-17H,4-9,23H2/t2*11-,12-,16-,17-/m00/s1. The van der Waals surface area contributed by atoms with Crippen LogP contribution < -0.4 is 5.73 Å². The van der Waals surface area contributed by atoms with E-state index in [-0.39, 0.29) is 18.2 Å². The van der Waals surface area contributed by atoms with Crippen LogP contribution in [-0.2, 0) is 22.7 Å². The number of fused-ring (bicyclic) bond motifs is 4. The number of hydrogen-bond acceptors (Lipinski definition) is 8. The Bertz CT molecular complexity index is 2030. The van der Waals surface area contributed by atoms with Gasteiger partial charge in [0.25, 0.3) is 0 Å². The van der Waals surface area contributed by atoms with Gasteiger partial charge in [-0.05, 0) is 118 Å². The van der Waals surface area contributed by atoms with Crippen LogP contribution in [0.2, 0.25) is 20.1 Å². The Balaban J connectivity index is 0.000000143. The Kier molecular flexibility index (Phi) is 10.4. The maximum atomic E-state index is 8.71. The molecule has 284 valence electrons. The van der Waals surface area contributed by atoms with Crippen molar-refractivity contribution in [3.8, 4) is 22.5 Å². The van der Waals surface area contributed by atoms with Crippen LogP contribution in [0.5, 0.6) is 0 Å². The third-order valence-corrected chi connectivity index (χ3v) is 13.9. The Morgan fingerprint density at radius 2 is 1.13 bits per heavy atom. The normalized spacial score (nSPS) is 29.4. The van der Waals surface area contributed by atoms with Gasteiger partial charge in [0.15, 0.2) is 0 Å². The van der Waals surface area contributed by atoms with E-state index in [4.69, 9.17) is 76.2 Å². The maximum Gasteiger partial charge on any atom is 0.145 e. The SMILES string of the molecule is N[C@H]1C[C@@H]2C[C@H]1C[C@@H]2OCc1c(-c2c(Cl)cccc2Cl)noc1C1CC1.[N-]=[N+]=N[C@H]1C[C@@H]2C[C@H]1C[C@@H]2OCc1c(-c2c(Cl)cccc2Cl)noc1C1CC1. The van der Waals surface area contributed by atoms with Crippen LogP contribution in [0.15, 0.2) is 50.6 Å². The fourth-order valence-corrected chi connectivity index (χ4v) is 10.7. The van der Waals surface area contributed by atoms with Gasteiger partial charge in [-0.25, -0.2) is 0 Å². The summed E-state index contributed by atoms with van der Waals surface area (Å²) in [5, 5.41) is 14.9. The molecule has 0 radical (unpaired) electrons. The topological polar surface area (TPSA) is 145 Å². The number of nitrogens with two attached hydrogens (primary N) is 1. The second kappa shape index (κ2) is 15.3. The lowest BCUT2D eigenvalue weighted by Gasteiger charge is -2.25. The van der Waals surface area contributed by atoms with Crippen molar-refractivity contribution in [3.05, 3.63) is 89.6 Å². The minimum Gasteiger partial charge on any atom is -0.373 e. The molecule has 2 aromatic heterocycles. The van der Waals surface area contributed by atoms with Crippen molar-refractivity contribution in [2.24, 2.45) is 34.5 Å². The number of azide groups is 1. The van der Waals surface area contributed by atoms with Crippen LogP contribution in [0.25, 0.3) is 33.0 Å². The molecule has 6 fully saturated rings. The maximum absolute atomic E-state index is 8.71. The minimum atomic E-state index is 0.130. The highest BCUT2D eigenvalue weighted by Crippen LogP contribution is 2.51. The van der Waals surface area contributed by atoms with Crippen LogP contribution >= 0.6 is 46.4 Å². The van der Waals surface area contributed by atoms with Crippen molar-refractivity contribution in [3.63, 3.8) is 0 Å². The minimum absolute atomic E-state index is 0.130. The third kappa shape index (κ3) is 7.18. The van der Waals surface area contributed by atoms with Crippen molar-refractivity contribution in [2.75, 3.05) is 0 Å². The van der Waals surface area contributed by atoms with Gasteiger partial charge in [0, 0.05) is 51.1 Å². The monoisotopic (exact) mass is 810 g/mol. The summed E-state index contributed by atoms with van der Waals surface area (Å²) >= 11 is 25.7. The van der Waals surface area contributed by atoms with E-state index in [9.17, 15) is 0 Å². The Hall–Kier alpha value is -2.79. The van der Waals surface area contributed by atoms with Crippen molar-refractivity contribution >= 4 is 46.4 Å². The third-order valence-electron chi connectivity index (χ3n) is 12.6. The second-order valence-corrected chi connectivity index (χ2v) is 17.7. The highest BCUT2D eigenvalue weighted by molar-refractivity contribution is 6.39. The molecule has 54 heavy (non-hydrogen) atoms. The van der Waals surface area contributed by atoms with Crippen LogP contribution in [0, 0.1) is 23.7 Å². The zero-order chi connectivity index (χ0) is 37.1. The summed E-state index contributed by atoms with van der Waals surface area (Å²) in [6.45, 7) is 0.932. The summed E-state index contributed by atoms with van der Waals surface area (Å²) in [5.41, 5.74) is 19.7. The van der Waals surface area contributed by atoms with E-state index in [0.717, 1.165) is 91.7 Å². The van der Waals surface area contributed by atoms with E-state index in [1.807, 2.05) is 36.4 Å². The lowest BCUT2D eigenvalue weighted by Crippen LogP contribution is -2.33. The Morgan fingerprint density at radius 1 is 0.667 bits per heavy atom. The first-order valence-corrected chi connectivity index (χ1v) is 20.7. The van der Waals surface area contributed by atoms with E-state index in [2.05, 4.69) is 20.3 Å². The summed E-state index contributed by atoms with van der Waals surface area (Å²) in [7, 11) is 0. The van der Waals surface area contributed by atoms with Crippen molar-refractivity contribution < 1.29 is 18.5 Å². The predicted octanol–water partition coefficient (Wildman–Crippen LogP) is 11.7. The summed E-state index contributed by atoms with van der Waals surface area (Å²) in [5.74, 6) is 4.81. The van der Waals surface area contributed by atoms with Crippen LogP contribution in [0.1, 0.15) is 98.7 Å². The first-order chi connectivity index (χ1) is 26.3. The molecule has 6 aliphatic carbocycles. The number of benzene rings is 2. The molecule has 0 spiro atoms. The molecule has 10 rings (SSSR count). The summed E-state index contributed by atoms with van der Waals surface area (Å²) < 4.78 is 24.1. The van der Waals surface area contributed by atoms with Gasteiger partial charge >= 0.3 is 0 Å². The van der Waals surface area contributed by atoms with Gasteiger partial charge in [-0.1, -0.05) is 74.0 Å². The molecule has 0 aliphatic heterocycles. The van der Waals surface area contributed by atoms with Gasteiger partial charge in [0.05, 0.1) is 45.5 Å². The van der Waals surface area contributed by atoms with E-state index in [1.165, 1.54) is 6.42 Å². The summed E-state index contributed by atoms with van der Waals surface area (Å²) in [6, 6.07) is 11.4. The smallest absolute Gasteiger partial charge is 0.145 e. The molecule has 2 heterocycles. The first kappa shape index (κ1) is 36.8. The first-order valence-electron chi connectivity index (χ1n) is 19.2. The molecular weight excluding hydrogens is 770 g/mol. The number of ether oxygens (including phenoxy) is 2. The van der Waals surface area contributed by atoms with Gasteiger partial charge < -0.3 is 24.3 Å². The molecule has 4 aromatic rings. The summed E-state index contributed by atoms with van der Waals surface area (Å²) in [4.78, 5) is 2.99. The largest absolute Gasteiger partial charge is 0.373 e. The fraction of sp³-hybridized carbons (Fsp3) is 0.550. The molecular formula is C40H42Cl4N6O4. The van der Waals surface area contributed by atoms with Gasteiger partial charge in [0.2, 0.25) is 0 Å². The van der Waals surface area contributed by atoms with Crippen molar-refractivity contribution in [1.82, 2.24) is 10.3 Å². The molecule has 2 N–H and O–H groups in total. The number of aromatic nitrogens is 2. The van der Waals surface area contributed by atoms with E-state index >= 15 is 0 Å². The zero-order valence-corrected chi connectivity index (χ0v) is 32.7. The number of hydrogen-bond donors (Lipinski definition) is 1. The average molecular weight is 813 g/mol. The Morgan fingerprint density at radius 3 is 1.52 bits per heavy atom. The lowest BCUT2D eigenvalue weighted by atomic mass is 9.93. The molecule has 10 nitrogen and oxygen atoms in total. The van der Waals surface area contributed by atoms with E-state index in [0.29, 0.717) is 86.1 Å². The second-order valence-electron chi connectivity index (χ2n) is 16.1. The number of nitrogens with zero attached hydrogens (tertiary/aromatic N) is 5. The van der Waals surface area contributed by atoms with Gasteiger partial charge in [-0.2, -0.15) is 0 Å². The molecule has 0 amide bonds. The molecule has 0 saturated heterocycles. The van der Waals surface area contributed by atoms with Gasteiger partial charge in [-0.3, -0.25) is 0 Å². The quantitative estimate of drug-likeness (QED) is 0.0901. The summed E-state index contributed by atoms with van der Waals surface area (Å²) in [6.07, 6.45) is 11.3. The van der Waals surface area contributed by atoms with Crippen molar-refractivity contribution in [2.45, 2.75) is 114 Å². The van der Waals surface area contributed by atoms with E-state index in [1.54, 1.807) is 0 Å². The number of rotatable bonds is 11. The highest BCUT2D eigenvalue weighted by Gasteiger charge is 2.47. The van der Waals surface area contributed by atoms with E-state index < -0.39 is 0 Å². The van der Waals surface area contributed by atoms with Gasteiger partial charge in [-0.15, -0.1) is 0 Å². The molecule has 4 bridgehead atoms. The van der Waals surface area contributed by atoms with Crippen LogP contribution in [-0.4, -0.2) is 34.6 Å². The zero-order valence-electron chi connectivity index (χ0n) is 29.7. The molecule has 2 aromatic carbocycles. The average Bonchev–Trinajstić information content (AvgIpc) is 3.85. The number of halogens is 4. The molecule has 8 atom stereocenters. The highest BCUT2D eigenvalue weighted by atomic mass is 35.5.